The first-order valence-corrected chi connectivity index (χ1v) is 6.36. The molecule has 0 aromatic heterocycles. The van der Waals surface area contributed by atoms with Crippen LogP contribution in [0.5, 0.6) is 0 Å². The van der Waals surface area contributed by atoms with E-state index in [1.54, 1.807) is 0 Å². The van der Waals surface area contributed by atoms with Crippen molar-refractivity contribution in [3.8, 4) is 0 Å². The maximum Gasteiger partial charge on any atom is 0.326 e. The van der Waals surface area contributed by atoms with Crippen molar-refractivity contribution in [1.82, 2.24) is 4.90 Å². The highest BCUT2D eigenvalue weighted by Gasteiger charge is 2.42. The number of carbonyl (C=O) groups excluding carboxylic acids is 4. The molecule has 2 rings (SSSR count). The molecule has 0 saturated carbocycles. The number of fused-ring (bicyclic) bond motifs is 1. The van der Waals surface area contributed by atoms with Crippen LogP contribution in [-0.2, 0) is 14.3 Å². The number of hydrogen-bond acceptors (Lipinski definition) is 7. The van der Waals surface area contributed by atoms with Crippen molar-refractivity contribution < 1.29 is 28.8 Å². The summed E-state index contributed by atoms with van der Waals surface area (Å²) in [7, 11) is 0. The minimum atomic E-state index is -1.23. The second kappa shape index (κ2) is 5.83. The monoisotopic (exact) mass is 321 g/mol. The third-order valence-corrected chi connectivity index (χ3v) is 3.17. The quantitative estimate of drug-likeness (QED) is 0.335. The van der Waals surface area contributed by atoms with Gasteiger partial charge in [-0.2, -0.15) is 0 Å². The van der Waals surface area contributed by atoms with Gasteiger partial charge in [0.15, 0.2) is 6.10 Å². The fourth-order valence-corrected chi connectivity index (χ4v) is 2.03. The average molecular weight is 321 g/mol. The Bertz CT molecular complexity index is 743. The number of rotatable bonds is 5. The molecule has 1 aliphatic rings. The first-order valence-electron chi connectivity index (χ1n) is 6.36. The van der Waals surface area contributed by atoms with Gasteiger partial charge in [-0.3, -0.25) is 34.2 Å². The van der Waals surface area contributed by atoms with Crippen LogP contribution in [0.4, 0.5) is 5.69 Å². The largest absolute Gasteiger partial charge is 0.451 e. The number of primary amides is 1. The van der Waals surface area contributed by atoms with Crippen molar-refractivity contribution >= 4 is 29.4 Å². The summed E-state index contributed by atoms with van der Waals surface area (Å²) in [5.41, 5.74) is 3.86. The van der Waals surface area contributed by atoms with Gasteiger partial charge in [0.25, 0.3) is 23.4 Å². The zero-order valence-electron chi connectivity index (χ0n) is 11.8. The van der Waals surface area contributed by atoms with E-state index < -0.39 is 47.0 Å². The maximum absolute atomic E-state index is 12.2. The van der Waals surface area contributed by atoms with E-state index in [0.29, 0.717) is 4.90 Å². The number of carbonyl (C=O) groups is 4. The van der Waals surface area contributed by atoms with E-state index >= 15 is 0 Å². The summed E-state index contributed by atoms with van der Waals surface area (Å²) >= 11 is 0. The van der Waals surface area contributed by atoms with Gasteiger partial charge in [-0.25, -0.2) is 0 Å². The summed E-state index contributed by atoms with van der Waals surface area (Å²) < 4.78 is 4.65. The minimum Gasteiger partial charge on any atom is -0.451 e. The Balaban J connectivity index is 2.24. The third kappa shape index (κ3) is 2.86. The minimum absolute atomic E-state index is 0.167. The SMILES string of the molecule is CC(OC(=O)CN1C(=O)c2cccc([N+](=O)[O-])c2C1=O)C(N)=O. The molecule has 23 heavy (non-hydrogen) atoms. The van der Waals surface area contributed by atoms with Crippen molar-refractivity contribution in [1.29, 1.82) is 0 Å². The highest BCUT2D eigenvalue weighted by atomic mass is 16.6. The van der Waals surface area contributed by atoms with Crippen molar-refractivity contribution in [2.24, 2.45) is 5.73 Å². The van der Waals surface area contributed by atoms with Gasteiger partial charge in [0.2, 0.25) is 0 Å². The van der Waals surface area contributed by atoms with Crippen LogP contribution in [0, 0.1) is 10.1 Å². The first kappa shape index (κ1) is 16.1. The smallest absolute Gasteiger partial charge is 0.326 e. The summed E-state index contributed by atoms with van der Waals surface area (Å²) in [6.45, 7) is 0.453. The normalized spacial score (nSPS) is 14.4. The summed E-state index contributed by atoms with van der Waals surface area (Å²) in [5.74, 6) is -3.75. The zero-order chi connectivity index (χ0) is 17.3. The molecule has 1 aromatic rings. The zero-order valence-corrected chi connectivity index (χ0v) is 11.8. The summed E-state index contributed by atoms with van der Waals surface area (Å²) in [5, 5.41) is 10.9. The van der Waals surface area contributed by atoms with Gasteiger partial charge >= 0.3 is 5.97 Å². The van der Waals surface area contributed by atoms with E-state index in [-0.39, 0.29) is 11.1 Å². The summed E-state index contributed by atoms with van der Waals surface area (Å²) in [6, 6.07) is 3.60. The highest BCUT2D eigenvalue weighted by Crippen LogP contribution is 2.30. The third-order valence-electron chi connectivity index (χ3n) is 3.17. The molecule has 1 heterocycles. The molecule has 0 fully saturated rings. The highest BCUT2D eigenvalue weighted by molar-refractivity contribution is 6.24. The fourth-order valence-electron chi connectivity index (χ4n) is 2.03. The van der Waals surface area contributed by atoms with E-state index in [1.807, 2.05) is 0 Å². The Kier molecular flexibility index (Phi) is 4.08. The van der Waals surface area contributed by atoms with Crippen molar-refractivity contribution in [2.45, 2.75) is 13.0 Å². The van der Waals surface area contributed by atoms with E-state index in [1.165, 1.54) is 19.1 Å². The molecule has 0 spiro atoms. The lowest BCUT2D eigenvalue weighted by atomic mass is 10.1. The fraction of sp³-hybridized carbons (Fsp3) is 0.231. The second-order valence-electron chi connectivity index (χ2n) is 4.69. The average Bonchev–Trinajstić information content (AvgIpc) is 2.72. The molecule has 1 aliphatic heterocycles. The lowest BCUT2D eigenvalue weighted by Gasteiger charge is -2.14. The first-order chi connectivity index (χ1) is 10.7. The number of nitrogens with two attached hydrogens (primary N) is 1. The van der Waals surface area contributed by atoms with Gasteiger partial charge in [0, 0.05) is 6.07 Å². The number of imide groups is 1. The molecule has 10 nitrogen and oxygen atoms in total. The number of amides is 3. The van der Waals surface area contributed by atoms with E-state index in [0.717, 1.165) is 6.07 Å². The molecule has 1 unspecified atom stereocenters. The topological polar surface area (TPSA) is 150 Å². The van der Waals surface area contributed by atoms with Crippen LogP contribution in [0.3, 0.4) is 0 Å². The Morgan fingerprint density at radius 3 is 2.57 bits per heavy atom. The van der Waals surface area contributed by atoms with Gasteiger partial charge in [-0.05, 0) is 13.0 Å². The summed E-state index contributed by atoms with van der Waals surface area (Å²) in [6.07, 6.45) is -1.23. The molecule has 10 heteroatoms. The van der Waals surface area contributed by atoms with Crippen molar-refractivity contribution in [3.05, 3.63) is 39.4 Å². The van der Waals surface area contributed by atoms with Gasteiger partial charge in [-0.1, -0.05) is 6.07 Å². The van der Waals surface area contributed by atoms with E-state index in [9.17, 15) is 29.3 Å². The van der Waals surface area contributed by atoms with Crippen molar-refractivity contribution in [3.63, 3.8) is 0 Å². The number of hydrogen-bond donors (Lipinski definition) is 1. The van der Waals surface area contributed by atoms with Crippen LogP contribution in [0.25, 0.3) is 0 Å². The lowest BCUT2D eigenvalue weighted by molar-refractivity contribution is -0.385. The van der Waals surface area contributed by atoms with Crippen molar-refractivity contribution in [2.75, 3.05) is 6.54 Å². The molecule has 2 N–H and O–H groups in total. The predicted molar refractivity (Wildman–Crippen MR) is 73.2 cm³/mol. The summed E-state index contributed by atoms with van der Waals surface area (Å²) in [4.78, 5) is 57.5. The molecule has 0 aliphatic carbocycles. The molecular formula is C13H11N3O7. The Morgan fingerprint density at radius 2 is 2.00 bits per heavy atom. The molecule has 0 saturated heterocycles. The van der Waals surface area contributed by atoms with Crippen LogP contribution in [0.1, 0.15) is 27.6 Å². The lowest BCUT2D eigenvalue weighted by Crippen LogP contribution is -2.39. The Labute approximate surface area is 128 Å². The van der Waals surface area contributed by atoms with Gasteiger partial charge in [-0.15, -0.1) is 0 Å². The van der Waals surface area contributed by atoms with Crippen LogP contribution in [0.15, 0.2) is 18.2 Å². The standard InChI is InChI=1S/C13H11N3O7/c1-6(11(14)18)23-9(17)5-15-12(19)7-3-2-4-8(16(21)22)10(7)13(15)20/h2-4,6H,5H2,1H3,(H2,14,18). The molecule has 120 valence electrons. The van der Waals surface area contributed by atoms with Crippen LogP contribution >= 0.6 is 0 Å². The van der Waals surface area contributed by atoms with E-state index in [2.05, 4.69) is 4.74 Å². The molecule has 3 amide bonds. The van der Waals surface area contributed by atoms with Gasteiger partial charge in [0.05, 0.1) is 10.5 Å². The number of nitro benzene ring substituents is 1. The predicted octanol–water partition coefficient (Wildman–Crippen LogP) is -0.392. The molecule has 0 bridgehead atoms. The van der Waals surface area contributed by atoms with Gasteiger partial charge in [0.1, 0.15) is 12.1 Å². The molecular weight excluding hydrogens is 310 g/mol. The van der Waals surface area contributed by atoms with Gasteiger partial charge < -0.3 is 10.5 Å². The number of esters is 1. The van der Waals surface area contributed by atoms with Crippen LogP contribution < -0.4 is 5.73 Å². The second-order valence-corrected chi connectivity index (χ2v) is 4.69. The van der Waals surface area contributed by atoms with Crippen LogP contribution in [-0.4, -0.2) is 46.2 Å². The van der Waals surface area contributed by atoms with Crippen LogP contribution in [0.2, 0.25) is 0 Å². The molecule has 1 atom stereocenters. The number of ether oxygens (including phenoxy) is 1. The maximum atomic E-state index is 12.2. The molecule has 1 aromatic carbocycles. The number of nitrogens with zero attached hydrogens (tertiary/aromatic N) is 2. The Morgan fingerprint density at radius 1 is 1.35 bits per heavy atom. The number of nitro groups is 1. The van der Waals surface area contributed by atoms with E-state index in [4.69, 9.17) is 5.73 Å². The molecule has 0 radical (unpaired) electrons. The Hall–Kier alpha value is -3.30. The number of benzene rings is 1.